The summed E-state index contributed by atoms with van der Waals surface area (Å²) in [5, 5.41) is 3.11. The van der Waals surface area contributed by atoms with Gasteiger partial charge in [0.2, 0.25) is 0 Å². The Kier molecular flexibility index (Phi) is 4.37. The molecule has 5 rings (SSSR count). The Balaban J connectivity index is 1.84. The number of rotatable bonds is 3. The molecule has 0 saturated carbocycles. The molecule has 8 nitrogen and oxygen atoms in total. The molecule has 0 fully saturated rings. The van der Waals surface area contributed by atoms with Gasteiger partial charge < -0.3 is 14.8 Å². The fraction of sp³-hybridized carbons (Fsp3) is 0.136. The first kappa shape index (κ1) is 19.4. The van der Waals surface area contributed by atoms with Gasteiger partial charge in [-0.15, -0.1) is 0 Å². The lowest BCUT2D eigenvalue weighted by Gasteiger charge is -2.28. The first-order valence-corrected chi connectivity index (χ1v) is 10.2. The highest BCUT2D eigenvalue weighted by Crippen LogP contribution is 2.49. The number of H-pyrrole nitrogens is 2. The Labute approximate surface area is 184 Å². The predicted molar refractivity (Wildman–Crippen MR) is 118 cm³/mol. The highest BCUT2D eigenvalue weighted by Gasteiger charge is 2.42. The molecule has 0 radical (unpaired) electrons. The Hall–Kier alpha value is -3.59. The van der Waals surface area contributed by atoms with Crippen molar-refractivity contribution >= 4 is 33.2 Å². The summed E-state index contributed by atoms with van der Waals surface area (Å²) in [4.78, 5) is 43.2. The van der Waals surface area contributed by atoms with Gasteiger partial charge in [0.15, 0.2) is 17.3 Å². The summed E-state index contributed by atoms with van der Waals surface area (Å²) in [6.45, 7) is 0. The minimum atomic E-state index is -0.733. The maximum atomic E-state index is 13.4. The summed E-state index contributed by atoms with van der Waals surface area (Å²) < 4.78 is 11.5. The molecule has 1 aliphatic heterocycles. The topological polar surface area (TPSA) is 113 Å². The molecule has 0 saturated heterocycles. The minimum absolute atomic E-state index is 0.176. The second-order valence-electron chi connectivity index (χ2n) is 7.16. The Bertz CT molecular complexity index is 1420. The van der Waals surface area contributed by atoms with Gasteiger partial charge in [-0.1, -0.05) is 24.3 Å². The van der Waals surface area contributed by atoms with Crippen LogP contribution in [0.25, 0.3) is 5.70 Å². The third-order valence-electron chi connectivity index (χ3n) is 5.55. The van der Waals surface area contributed by atoms with E-state index in [2.05, 4.69) is 31.2 Å². The highest BCUT2D eigenvalue weighted by molar-refractivity contribution is 9.10. The first-order chi connectivity index (χ1) is 14.9. The van der Waals surface area contributed by atoms with Crippen LogP contribution in [-0.4, -0.2) is 30.0 Å². The van der Waals surface area contributed by atoms with E-state index in [4.69, 9.17) is 9.47 Å². The van der Waals surface area contributed by atoms with Crippen LogP contribution >= 0.6 is 15.9 Å². The van der Waals surface area contributed by atoms with Crippen molar-refractivity contribution < 1.29 is 14.3 Å². The molecule has 1 atom stereocenters. The zero-order chi connectivity index (χ0) is 21.9. The summed E-state index contributed by atoms with van der Waals surface area (Å²) in [7, 11) is 3.03. The van der Waals surface area contributed by atoms with Gasteiger partial charge in [-0.3, -0.25) is 19.6 Å². The monoisotopic (exact) mass is 481 g/mol. The first-order valence-electron chi connectivity index (χ1n) is 9.37. The van der Waals surface area contributed by atoms with Crippen molar-refractivity contribution in [1.82, 2.24) is 9.97 Å². The molecule has 2 heterocycles. The number of fused-ring (bicyclic) bond motifs is 3. The maximum absolute atomic E-state index is 13.4. The number of allylic oxidation sites excluding steroid dienone is 1. The summed E-state index contributed by atoms with van der Waals surface area (Å²) in [6.07, 6.45) is 0. The van der Waals surface area contributed by atoms with Crippen molar-refractivity contribution in [2.24, 2.45) is 0 Å². The number of benzene rings is 2. The van der Waals surface area contributed by atoms with Gasteiger partial charge in [0.1, 0.15) is 5.82 Å². The molecule has 1 aliphatic carbocycles. The number of halogens is 1. The van der Waals surface area contributed by atoms with E-state index in [1.165, 1.54) is 14.2 Å². The molecule has 3 aromatic rings. The fourth-order valence-electron chi connectivity index (χ4n) is 4.29. The van der Waals surface area contributed by atoms with Crippen LogP contribution < -0.4 is 26.0 Å². The van der Waals surface area contributed by atoms with Gasteiger partial charge in [0.25, 0.3) is 5.56 Å². The number of ketones is 1. The Morgan fingerprint density at radius 3 is 2.42 bits per heavy atom. The molecule has 9 heteroatoms. The van der Waals surface area contributed by atoms with Crippen molar-refractivity contribution in [3.63, 3.8) is 0 Å². The molecule has 156 valence electrons. The van der Waals surface area contributed by atoms with Crippen LogP contribution in [0.15, 0.2) is 56.0 Å². The number of nitrogens with one attached hydrogen (secondary N) is 3. The standard InChI is InChI=1S/C22H16BrN3O5/c1-30-13-8-9(7-12(23)19(13)31-2)14-15-17(10-5-3-4-6-11(10)18(15)27)24-20-16(14)21(28)26-22(29)25-20/h3-8,14H,1-2H3,(H3,24,25,26,28,29)/t14-/m0/s1. The number of ether oxygens (including phenoxy) is 2. The minimum Gasteiger partial charge on any atom is -0.493 e. The van der Waals surface area contributed by atoms with Crippen molar-refractivity contribution in [3.8, 4) is 11.5 Å². The Morgan fingerprint density at radius 2 is 1.71 bits per heavy atom. The van der Waals surface area contributed by atoms with E-state index in [1.54, 1.807) is 24.3 Å². The van der Waals surface area contributed by atoms with E-state index in [0.717, 1.165) is 5.56 Å². The number of methoxy groups -OCH3 is 2. The second kappa shape index (κ2) is 6.98. The van der Waals surface area contributed by atoms with Crippen LogP contribution in [0.5, 0.6) is 11.5 Å². The zero-order valence-electron chi connectivity index (χ0n) is 16.5. The van der Waals surface area contributed by atoms with E-state index in [-0.39, 0.29) is 17.2 Å². The molecular weight excluding hydrogens is 466 g/mol. The van der Waals surface area contributed by atoms with E-state index in [9.17, 15) is 14.4 Å². The maximum Gasteiger partial charge on any atom is 0.327 e. The normalized spacial score (nSPS) is 16.4. The molecule has 0 bridgehead atoms. The summed E-state index contributed by atoms with van der Waals surface area (Å²) in [5.41, 5.74) is 1.95. The molecule has 2 aromatic carbocycles. The van der Waals surface area contributed by atoms with Crippen LogP contribution in [0.2, 0.25) is 0 Å². The van der Waals surface area contributed by atoms with E-state index < -0.39 is 17.2 Å². The molecule has 0 unspecified atom stereocenters. The van der Waals surface area contributed by atoms with Gasteiger partial charge in [-0.25, -0.2) is 4.79 Å². The average Bonchev–Trinajstić information content (AvgIpc) is 3.03. The number of hydrogen-bond acceptors (Lipinski definition) is 6. The number of hydrogen-bond donors (Lipinski definition) is 3. The smallest absolute Gasteiger partial charge is 0.327 e. The van der Waals surface area contributed by atoms with Crippen LogP contribution in [0.4, 0.5) is 5.82 Å². The number of carbonyl (C=O) groups is 1. The quantitative estimate of drug-likeness (QED) is 0.529. The number of aromatic amines is 2. The van der Waals surface area contributed by atoms with E-state index in [1.807, 2.05) is 12.1 Å². The van der Waals surface area contributed by atoms with Crippen LogP contribution in [-0.2, 0) is 0 Å². The van der Waals surface area contributed by atoms with Crippen molar-refractivity contribution in [3.05, 3.63) is 89.5 Å². The number of anilines is 1. The van der Waals surface area contributed by atoms with Gasteiger partial charge >= 0.3 is 5.69 Å². The second-order valence-corrected chi connectivity index (χ2v) is 8.01. The van der Waals surface area contributed by atoms with Gasteiger partial charge in [0, 0.05) is 22.6 Å². The molecule has 0 amide bonds. The van der Waals surface area contributed by atoms with Crippen LogP contribution in [0, 0.1) is 0 Å². The lowest BCUT2D eigenvalue weighted by molar-refractivity contribution is 0.103. The summed E-state index contributed by atoms with van der Waals surface area (Å²) in [5.74, 6) is 0.282. The molecule has 1 aromatic heterocycles. The summed E-state index contributed by atoms with van der Waals surface area (Å²) in [6, 6.07) is 10.7. The summed E-state index contributed by atoms with van der Waals surface area (Å²) >= 11 is 3.49. The van der Waals surface area contributed by atoms with Crippen LogP contribution in [0.3, 0.4) is 0 Å². The molecular formula is C22H16BrN3O5. The predicted octanol–water partition coefficient (Wildman–Crippen LogP) is 3.01. The SMILES string of the molecule is COc1cc([C@H]2C3=C(Nc4[nH]c(=O)[nH]c(=O)c42)c2ccccc2C3=O)cc(Br)c1OC. The molecule has 3 N–H and O–H groups in total. The fourth-order valence-corrected chi connectivity index (χ4v) is 4.91. The number of Topliss-reactive ketones (excluding diaryl/α,β-unsaturated/α-hetero) is 1. The van der Waals surface area contributed by atoms with Crippen molar-refractivity contribution in [2.75, 3.05) is 19.5 Å². The average molecular weight is 482 g/mol. The molecule has 0 spiro atoms. The third kappa shape index (κ3) is 2.77. The van der Waals surface area contributed by atoms with Crippen molar-refractivity contribution in [2.45, 2.75) is 5.92 Å². The third-order valence-corrected chi connectivity index (χ3v) is 6.14. The highest BCUT2D eigenvalue weighted by atomic mass is 79.9. The van der Waals surface area contributed by atoms with Crippen LogP contribution in [0.1, 0.15) is 33.0 Å². The number of carbonyl (C=O) groups excluding carboxylic acids is 1. The zero-order valence-corrected chi connectivity index (χ0v) is 18.0. The molecule has 31 heavy (non-hydrogen) atoms. The molecule has 2 aliphatic rings. The van der Waals surface area contributed by atoms with E-state index >= 15 is 0 Å². The van der Waals surface area contributed by atoms with Gasteiger partial charge in [0.05, 0.1) is 30.0 Å². The Morgan fingerprint density at radius 1 is 0.968 bits per heavy atom. The van der Waals surface area contributed by atoms with Gasteiger partial charge in [-0.05, 0) is 33.6 Å². The lowest BCUT2D eigenvalue weighted by Crippen LogP contribution is -2.33. The lowest BCUT2D eigenvalue weighted by atomic mass is 9.81. The van der Waals surface area contributed by atoms with E-state index in [0.29, 0.717) is 38.4 Å². The van der Waals surface area contributed by atoms with Gasteiger partial charge in [-0.2, -0.15) is 0 Å². The largest absolute Gasteiger partial charge is 0.493 e. The van der Waals surface area contributed by atoms with Crippen molar-refractivity contribution in [1.29, 1.82) is 0 Å². The number of aromatic nitrogens is 2.